The van der Waals surface area contributed by atoms with Crippen LogP contribution in [-0.2, 0) is 20.8 Å². The van der Waals surface area contributed by atoms with Gasteiger partial charge in [0.1, 0.15) is 29.4 Å². The highest BCUT2D eigenvalue weighted by Crippen LogP contribution is 2.27. The molecule has 0 radical (unpaired) electrons. The molecule has 2 atom stereocenters. The number of rotatable bonds is 4. The van der Waals surface area contributed by atoms with Crippen LogP contribution in [0.15, 0.2) is 18.2 Å². The first-order valence-corrected chi connectivity index (χ1v) is 9.13. The number of amides is 1. The Bertz CT molecular complexity index is 809. The van der Waals surface area contributed by atoms with Crippen molar-refractivity contribution in [1.29, 1.82) is 0 Å². The Morgan fingerprint density at radius 3 is 2.85 bits per heavy atom. The van der Waals surface area contributed by atoms with Crippen molar-refractivity contribution in [2.24, 2.45) is 0 Å². The molecule has 0 bridgehead atoms. The predicted octanol–water partition coefficient (Wildman–Crippen LogP) is 3.18. The molecule has 8 heteroatoms. The summed E-state index contributed by atoms with van der Waals surface area (Å²) in [6, 6.07) is 3.88. The lowest BCUT2D eigenvalue weighted by Crippen LogP contribution is -2.45. The van der Waals surface area contributed by atoms with Crippen molar-refractivity contribution in [3.8, 4) is 0 Å². The Balaban J connectivity index is 1.99. The molecule has 0 saturated carbocycles. The second-order valence-electron chi connectivity index (χ2n) is 7.46. The second-order valence-corrected chi connectivity index (χ2v) is 7.46. The van der Waals surface area contributed by atoms with Gasteiger partial charge in [-0.2, -0.15) is 0 Å². The van der Waals surface area contributed by atoms with E-state index in [1.54, 1.807) is 26.8 Å². The van der Waals surface area contributed by atoms with Crippen LogP contribution in [0.4, 0.5) is 9.18 Å². The normalized spacial score (nSPS) is 19.1. The summed E-state index contributed by atoms with van der Waals surface area (Å²) in [5.74, 6) is 0.225. The number of ether oxygens (including phenoxy) is 3. The van der Waals surface area contributed by atoms with Gasteiger partial charge in [-0.3, -0.25) is 0 Å². The number of carbonyl (C=O) groups is 1. The van der Waals surface area contributed by atoms with Gasteiger partial charge in [-0.1, -0.05) is 0 Å². The van der Waals surface area contributed by atoms with Crippen LogP contribution in [0.5, 0.6) is 0 Å². The Kier molecular flexibility index (Phi) is 5.67. The molecule has 1 amide bonds. The molecule has 1 aromatic carbocycles. The first-order valence-electron chi connectivity index (χ1n) is 9.13. The van der Waals surface area contributed by atoms with Gasteiger partial charge >= 0.3 is 6.09 Å². The summed E-state index contributed by atoms with van der Waals surface area (Å²) < 4.78 is 32.3. The lowest BCUT2D eigenvalue weighted by molar-refractivity contribution is -0.103. The molecular formula is C19H26FN3O4. The van der Waals surface area contributed by atoms with Crippen molar-refractivity contribution in [3.63, 3.8) is 0 Å². The third-order valence-corrected chi connectivity index (χ3v) is 4.22. The van der Waals surface area contributed by atoms with E-state index in [-0.39, 0.29) is 5.82 Å². The summed E-state index contributed by atoms with van der Waals surface area (Å²) >= 11 is 0. The van der Waals surface area contributed by atoms with Crippen molar-refractivity contribution in [2.45, 2.75) is 52.0 Å². The third-order valence-electron chi connectivity index (χ3n) is 4.22. The van der Waals surface area contributed by atoms with Gasteiger partial charge in [0.2, 0.25) is 0 Å². The van der Waals surface area contributed by atoms with Gasteiger partial charge in [0.25, 0.3) is 0 Å². The number of nitrogens with one attached hydrogen (secondary N) is 1. The zero-order valence-corrected chi connectivity index (χ0v) is 16.1. The molecule has 1 saturated heterocycles. The molecule has 2 heterocycles. The summed E-state index contributed by atoms with van der Waals surface area (Å²) in [4.78, 5) is 17.0. The quantitative estimate of drug-likeness (QED) is 0.883. The van der Waals surface area contributed by atoms with Crippen molar-refractivity contribution in [2.75, 3.05) is 19.8 Å². The third kappa shape index (κ3) is 4.56. The standard InChI is InChI=1S/C19H26FN3O4/c1-5-23-14-7-6-12(20)10-13(14)21-17(23)16(15-11-25-8-9-26-15)22-18(24)27-19(2,3)4/h6-7,10,15-16H,5,8-9,11H2,1-4H3,(H,22,24). The average Bonchev–Trinajstić information content (AvgIpc) is 2.96. The fourth-order valence-electron chi connectivity index (χ4n) is 3.15. The number of fused-ring (bicyclic) bond motifs is 1. The van der Waals surface area contributed by atoms with Gasteiger partial charge < -0.3 is 24.1 Å². The number of halogens is 1. The van der Waals surface area contributed by atoms with Gasteiger partial charge in [0, 0.05) is 12.6 Å². The number of aryl methyl sites for hydroxylation is 1. The fraction of sp³-hybridized carbons (Fsp3) is 0.579. The largest absolute Gasteiger partial charge is 0.444 e. The molecule has 148 valence electrons. The molecule has 1 aliphatic rings. The molecular weight excluding hydrogens is 353 g/mol. The number of imidazole rings is 1. The van der Waals surface area contributed by atoms with Crippen LogP contribution < -0.4 is 5.32 Å². The van der Waals surface area contributed by atoms with Gasteiger partial charge in [-0.15, -0.1) is 0 Å². The van der Waals surface area contributed by atoms with Crippen molar-refractivity contribution in [1.82, 2.24) is 14.9 Å². The van der Waals surface area contributed by atoms with Crippen molar-refractivity contribution < 1.29 is 23.4 Å². The van der Waals surface area contributed by atoms with Crippen LogP contribution in [0.2, 0.25) is 0 Å². The molecule has 1 aromatic heterocycles. The summed E-state index contributed by atoms with van der Waals surface area (Å²) in [5, 5.41) is 2.87. The molecule has 2 aromatic rings. The number of benzene rings is 1. The highest BCUT2D eigenvalue weighted by Gasteiger charge is 2.33. The van der Waals surface area contributed by atoms with Gasteiger partial charge in [-0.25, -0.2) is 14.2 Å². The maximum absolute atomic E-state index is 13.6. The Morgan fingerprint density at radius 2 is 2.22 bits per heavy atom. The van der Waals surface area contributed by atoms with E-state index in [1.165, 1.54) is 12.1 Å². The molecule has 0 aliphatic carbocycles. The Hall–Kier alpha value is -2.19. The zero-order valence-electron chi connectivity index (χ0n) is 16.1. The van der Waals surface area contributed by atoms with Crippen LogP contribution in [-0.4, -0.2) is 47.2 Å². The lowest BCUT2D eigenvalue weighted by Gasteiger charge is -2.31. The van der Waals surface area contributed by atoms with Crippen LogP contribution >= 0.6 is 0 Å². The maximum atomic E-state index is 13.6. The van der Waals surface area contributed by atoms with E-state index in [9.17, 15) is 9.18 Å². The number of hydrogen-bond acceptors (Lipinski definition) is 5. The Morgan fingerprint density at radius 1 is 1.44 bits per heavy atom. The van der Waals surface area contributed by atoms with Gasteiger partial charge in [0.05, 0.1) is 30.9 Å². The highest BCUT2D eigenvalue weighted by molar-refractivity contribution is 5.76. The smallest absolute Gasteiger partial charge is 0.408 e. The highest BCUT2D eigenvalue weighted by atomic mass is 19.1. The summed E-state index contributed by atoms with van der Waals surface area (Å²) in [6.07, 6.45) is -0.985. The molecule has 1 aliphatic heterocycles. The summed E-state index contributed by atoms with van der Waals surface area (Å²) in [7, 11) is 0. The molecule has 1 fully saturated rings. The topological polar surface area (TPSA) is 74.6 Å². The average molecular weight is 379 g/mol. The summed E-state index contributed by atoms with van der Waals surface area (Å²) in [5.41, 5.74) is 0.688. The van der Waals surface area contributed by atoms with Crippen LogP contribution in [0, 0.1) is 5.82 Å². The number of carbonyl (C=O) groups excluding carboxylic acids is 1. The van der Waals surface area contributed by atoms with E-state index in [0.29, 0.717) is 37.7 Å². The number of alkyl carbamates (subject to hydrolysis) is 1. The molecule has 27 heavy (non-hydrogen) atoms. The number of nitrogens with zero attached hydrogens (tertiary/aromatic N) is 2. The lowest BCUT2D eigenvalue weighted by atomic mass is 10.1. The van der Waals surface area contributed by atoms with E-state index in [4.69, 9.17) is 14.2 Å². The molecule has 1 N–H and O–H groups in total. The fourth-order valence-corrected chi connectivity index (χ4v) is 3.15. The van der Waals surface area contributed by atoms with Gasteiger partial charge in [-0.05, 0) is 39.8 Å². The second kappa shape index (κ2) is 7.82. The molecule has 2 unspecified atom stereocenters. The van der Waals surface area contributed by atoms with Crippen molar-refractivity contribution >= 4 is 17.1 Å². The zero-order chi connectivity index (χ0) is 19.6. The minimum Gasteiger partial charge on any atom is -0.444 e. The molecule has 0 spiro atoms. The van der Waals surface area contributed by atoms with E-state index >= 15 is 0 Å². The minimum atomic E-state index is -0.632. The van der Waals surface area contributed by atoms with E-state index in [1.807, 2.05) is 11.5 Å². The first-order chi connectivity index (χ1) is 12.8. The predicted molar refractivity (Wildman–Crippen MR) is 98.0 cm³/mol. The van der Waals surface area contributed by atoms with E-state index < -0.39 is 23.8 Å². The van der Waals surface area contributed by atoms with Gasteiger partial charge in [0.15, 0.2) is 0 Å². The van der Waals surface area contributed by atoms with E-state index in [0.717, 1.165) is 5.52 Å². The van der Waals surface area contributed by atoms with Crippen LogP contribution in [0.1, 0.15) is 39.6 Å². The monoisotopic (exact) mass is 379 g/mol. The first kappa shape index (κ1) is 19.6. The number of hydrogen-bond donors (Lipinski definition) is 1. The van der Waals surface area contributed by atoms with Crippen molar-refractivity contribution in [3.05, 3.63) is 29.8 Å². The molecule has 7 nitrogen and oxygen atoms in total. The maximum Gasteiger partial charge on any atom is 0.408 e. The van der Waals surface area contributed by atoms with Crippen LogP contribution in [0.3, 0.4) is 0 Å². The summed E-state index contributed by atoms with van der Waals surface area (Å²) in [6.45, 7) is 9.23. The van der Waals surface area contributed by atoms with Crippen LogP contribution in [0.25, 0.3) is 11.0 Å². The Labute approximate surface area is 157 Å². The number of aromatic nitrogens is 2. The van der Waals surface area contributed by atoms with E-state index in [2.05, 4.69) is 10.3 Å². The minimum absolute atomic E-state index is 0.321. The SMILES string of the molecule is CCn1c(C(NC(=O)OC(C)(C)C)C2COCCO2)nc2cc(F)ccc21. The molecule has 3 rings (SSSR count).